The zero-order valence-electron chi connectivity index (χ0n) is 20.1. The molecule has 0 amide bonds. The maximum atomic E-state index is 12.0. The molecule has 3 heterocycles. The molecular weight excluding hydrogens is 396 g/mol. The van der Waals surface area contributed by atoms with Crippen LogP contribution in [0.1, 0.15) is 65.5 Å². The Bertz CT molecular complexity index is 864. The average molecular weight is 439 g/mol. The molecule has 5 nitrogen and oxygen atoms in total. The fraction of sp³-hybridized carbons (Fsp3) is 0.593. The molecule has 176 valence electrons. The van der Waals surface area contributed by atoms with Crippen LogP contribution < -0.4 is 4.90 Å². The highest BCUT2D eigenvalue weighted by Crippen LogP contribution is 2.32. The van der Waals surface area contributed by atoms with Gasteiger partial charge in [0.1, 0.15) is 5.78 Å². The van der Waals surface area contributed by atoms with E-state index in [2.05, 4.69) is 42.0 Å². The number of Topliss-reactive ketones (excluding diaryl/α,β-unsaturated/α-hetero) is 1. The number of benzene rings is 1. The number of piperidine rings is 1. The summed E-state index contributed by atoms with van der Waals surface area (Å²) < 4.78 is 0. The van der Waals surface area contributed by atoms with Gasteiger partial charge in [0.25, 0.3) is 0 Å². The highest BCUT2D eigenvalue weighted by molar-refractivity contribution is 5.83. The van der Waals surface area contributed by atoms with Gasteiger partial charge >= 0.3 is 0 Å². The van der Waals surface area contributed by atoms with Gasteiger partial charge in [0, 0.05) is 55.5 Å². The van der Waals surface area contributed by atoms with Crippen LogP contribution in [-0.4, -0.2) is 52.9 Å². The molecule has 2 aliphatic heterocycles. The molecule has 0 N–H and O–H groups in total. The van der Waals surface area contributed by atoms with Crippen molar-refractivity contribution in [2.24, 2.45) is 5.92 Å². The number of piperazine rings is 1. The van der Waals surface area contributed by atoms with Gasteiger partial charge in [0.05, 0.1) is 0 Å². The van der Waals surface area contributed by atoms with Gasteiger partial charge in [-0.1, -0.05) is 53.3 Å². The summed E-state index contributed by atoms with van der Waals surface area (Å²) in [6.45, 7) is 12.2. The van der Waals surface area contributed by atoms with Gasteiger partial charge in [-0.15, -0.1) is 0 Å². The first-order chi connectivity index (χ1) is 14.9. The smallest absolute Gasteiger partial charge is 0.225 e. The van der Waals surface area contributed by atoms with Crippen LogP contribution >= 0.6 is 0 Å². The van der Waals surface area contributed by atoms with E-state index in [9.17, 15) is 4.79 Å². The van der Waals surface area contributed by atoms with Crippen molar-refractivity contribution < 1.29 is 4.79 Å². The minimum absolute atomic E-state index is 0. The number of aryl methyl sites for hydroxylation is 1. The van der Waals surface area contributed by atoms with Gasteiger partial charge in [-0.05, 0) is 49.9 Å². The first-order valence-corrected chi connectivity index (χ1v) is 11.8. The Morgan fingerprint density at radius 3 is 2.22 bits per heavy atom. The number of rotatable bonds is 5. The number of likely N-dealkylation sites (tertiary alicyclic amines) is 1. The van der Waals surface area contributed by atoms with Crippen LogP contribution in [-0.2, 0) is 11.2 Å². The Balaban J connectivity index is 0.00000118. The molecule has 2 saturated heterocycles. The van der Waals surface area contributed by atoms with E-state index in [1.807, 2.05) is 40.1 Å². The van der Waals surface area contributed by atoms with E-state index in [1.165, 1.54) is 19.3 Å². The quantitative estimate of drug-likeness (QED) is 0.612. The van der Waals surface area contributed by atoms with E-state index >= 15 is 0 Å². The van der Waals surface area contributed by atoms with Crippen LogP contribution in [0.4, 0.5) is 5.95 Å². The van der Waals surface area contributed by atoms with E-state index in [4.69, 9.17) is 9.97 Å². The first-order valence-electron chi connectivity index (χ1n) is 11.8. The maximum absolute atomic E-state index is 12.0. The molecule has 0 radical (unpaired) electrons. The Morgan fingerprint density at radius 2 is 1.69 bits per heavy atom. The average Bonchev–Trinajstić information content (AvgIpc) is 2.75. The molecule has 2 atom stereocenters. The molecule has 4 rings (SSSR count). The van der Waals surface area contributed by atoms with Gasteiger partial charge in [-0.2, -0.15) is 0 Å². The predicted octanol–water partition coefficient (Wildman–Crippen LogP) is 5.55. The lowest BCUT2D eigenvalue weighted by Gasteiger charge is -2.49. The third-order valence-electron chi connectivity index (χ3n) is 6.40. The van der Waals surface area contributed by atoms with Crippen molar-refractivity contribution in [2.75, 3.05) is 25.0 Å². The number of ketones is 1. The van der Waals surface area contributed by atoms with Gasteiger partial charge in [-0.3, -0.25) is 4.79 Å². The zero-order chi connectivity index (χ0) is 22.5. The summed E-state index contributed by atoms with van der Waals surface area (Å²) in [6, 6.07) is 7.33. The number of hydrogen-bond donors (Lipinski definition) is 0. The van der Waals surface area contributed by atoms with Crippen LogP contribution in [0.15, 0.2) is 30.6 Å². The molecule has 1 aromatic heterocycles. The van der Waals surface area contributed by atoms with Gasteiger partial charge in [0.2, 0.25) is 5.95 Å². The van der Waals surface area contributed by atoms with Crippen molar-refractivity contribution in [3.63, 3.8) is 0 Å². The summed E-state index contributed by atoms with van der Waals surface area (Å²) in [5.41, 5.74) is 4.41. The topological polar surface area (TPSA) is 49.3 Å². The molecule has 2 fully saturated rings. The van der Waals surface area contributed by atoms with E-state index in [0.717, 1.165) is 41.3 Å². The van der Waals surface area contributed by atoms with Crippen LogP contribution in [0, 0.1) is 12.8 Å². The summed E-state index contributed by atoms with van der Waals surface area (Å²) in [4.78, 5) is 26.5. The van der Waals surface area contributed by atoms with E-state index in [-0.39, 0.29) is 19.1 Å². The number of carbonyl (C=O) groups excluding carboxylic acids is 1. The predicted molar refractivity (Wildman–Crippen MR) is 135 cm³/mol. The lowest BCUT2D eigenvalue weighted by Crippen LogP contribution is -2.60. The van der Waals surface area contributed by atoms with Crippen LogP contribution in [0.25, 0.3) is 11.1 Å². The van der Waals surface area contributed by atoms with Crippen LogP contribution in [0.2, 0.25) is 0 Å². The molecule has 0 aliphatic carbocycles. The number of nitrogens with zero attached hydrogens (tertiary/aromatic N) is 4. The largest absolute Gasteiger partial charge is 0.332 e. The number of likely N-dealkylation sites (N-methyl/N-ethyl adjacent to an activating group) is 1. The monoisotopic (exact) mass is 438 g/mol. The Labute approximate surface area is 195 Å². The summed E-state index contributed by atoms with van der Waals surface area (Å²) in [7, 11) is 2.22. The Morgan fingerprint density at radius 1 is 1.09 bits per heavy atom. The van der Waals surface area contributed by atoms with Gasteiger partial charge in [0.15, 0.2) is 0 Å². The second-order valence-corrected chi connectivity index (χ2v) is 9.09. The third kappa shape index (κ3) is 5.74. The van der Waals surface area contributed by atoms with Crippen molar-refractivity contribution in [2.45, 2.75) is 79.8 Å². The molecule has 32 heavy (non-hydrogen) atoms. The normalized spacial score (nSPS) is 20.3. The Kier molecular flexibility index (Phi) is 9.38. The molecular formula is C27H42N4O. The molecule has 1 aromatic carbocycles. The maximum Gasteiger partial charge on any atom is 0.225 e. The highest BCUT2D eigenvalue weighted by Gasteiger charge is 2.37. The van der Waals surface area contributed by atoms with E-state index < -0.39 is 0 Å². The third-order valence-corrected chi connectivity index (χ3v) is 6.40. The van der Waals surface area contributed by atoms with Gasteiger partial charge < -0.3 is 9.80 Å². The standard InChI is InChI=1S/C24H32N4O.C2H6.CH4/c1-16(2)23(29)11-18-8-9-22(17(3)10-18)19-12-25-24(26-13-19)28-20-6-5-7-21(28)15-27(4)14-20;1-2;/h8-10,12-13,16,20-21H,5-7,11,14-15H2,1-4H3;1-2H3;1H4. The van der Waals surface area contributed by atoms with Crippen LogP contribution in [0.5, 0.6) is 0 Å². The Hall–Kier alpha value is -2.27. The van der Waals surface area contributed by atoms with Crippen molar-refractivity contribution >= 4 is 11.7 Å². The van der Waals surface area contributed by atoms with Crippen LogP contribution in [0.3, 0.4) is 0 Å². The summed E-state index contributed by atoms with van der Waals surface area (Å²) in [6.07, 6.45) is 8.17. The van der Waals surface area contributed by atoms with Crippen molar-refractivity contribution in [1.82, 2.24) is 14.9 Å². The number of hydrogen-bond acceptors (Lipinski definition) is 5. The van der Waals surface area contributed by atoms with Crippen molar-refractivity contribution in [3.8, 4) is 11.1 Å². The highest BCUT2D eigenvalue weighted by atomic mass is 16.1. The number of carbonyl (C=O) groups is 1. The summed E-state index contributed by atoms with van der Waals surface area (Å²) >= 11 is 0. The number of anilines is 1. The van der Waals surface area contributed by atoms with Gasteiger partial charge in [-0.25, -0.2) is 9.97 Å². The molecule has 2 bridgehead atoms. The van der Waals surface area contributed by atoms with Crippen molar-refractivity contribution in [3.05, 3.63) is 41.7 Å². The molecule has 2 aliphatic rings. The summed E-state index contributed by atoms with van der Waals surface area (Å²) in [5.74, 6) is 1.22. The zero-order valence-corrected chi connectivity index (χ0v) is 20.1. The molecule has 0 spiro atoms. The van der Waals surface area contributed by atoms with Crippen molar-refractivity contribution in [1.29, 1.82) is 0 Å². The number of fused-ring (bicyclic) bond motifs is 2. The molecule has 2 aromatic rings. The lowest BCUT2D eigenvalue weighted by atomic mass is 9.92. The molecule has 5 heteroatoms. The SMILES string of the molecule is C.CC.Cc1cc(CC(=O)C(C)C)ccc1-c1cnc(N2C3CCCC2CN(C)C3)nc1. The molecule has 2 unspecified atom stereocenters. The fourth-order valence-electron chi connectivity index (χ4n) is 4.80. The van der Waals surface area contributed by atoms with E-state index in [1.54, 1.807) is 0 Å². The minimum atomic E-state index is 0. The summed E-state index contributed by atoms with van der Waals surface area (Å²) in [5, 5.41) is 0. The second kappa shape index (κ2) is 11.6. The molecule has 0 saturated carbocycles. The fourth-order valence-corrected chi connectivity index (χ4v) is 4.80. The first kappa shape index (κ1) is 26.0. The number of aromatic nitrogens is 2. The minimum Gasteiger partial charge on any atom is -0.332 e. The van der Waals surface area contributed by atoms with E-state index in [0.29, 0.717) is 18.5 Å². The lowest BCUT2D eigenvalue weighted by molar-refractivity contribution is -0.121. The second-order valence-electron chi connectivity index (χ2n) is 9.09.